The average Bonchev–Trinajstić information content (AvgIpc) is 2.66. The van der Waals surface area contributed by atoms with Crippen LogP contribution in [-0.2, 0) is 16.0 Å². The molecule has 2 rings (SSSR count). The fourth-order valence-electron chi connectivity index (χ4n) is 2.57. The minimum absolute atomic E-state index is 0.111. The number of aryl methyl sites for hydroxylation is 2. The van der Waals surface area contributed by atoms with Gasteiger partial charge in [-0.15, -0.1) is 0 Å². The van der Waals surface area contributed by atoms with Gasteiger partial charge >= 0.3 is 5.97 Å². The molecule has 0 aliphatic heterocycles. The van der Waals surface area contributed by atoms with Gasteiger partial charge in [0.1, 0.15) is 0 Å². The molecule has 0 saturated heterocycles. The van der Waals surface area contributed by atoms with Crippen molar-refractivity contribution in [3.05, 3.63) is 59.2 Å². The van der Waals surface area contributed by atoms with Gasteiger partial charge in [0.25, 0.3) is 0 Å². The number of carbonyl (C=O) groups excluding carboxylic acids is 2. The lowest BCUT2D eigenvalue weighted by molar-refractivity contribution is -0.114. The molecular weight excluding hydrogens is 328 g/mol. The first kappa shape index (κ1) is 19.5. The molecule has 1 amide bonds. The van der Waals surface area contributed by atoms with Crippen LogP contribution in [0.15, 0.2) is 42.5 Å². The van der Waals surface area contributed by atoms with E-state index in [-0.39, 0.29) is 18.4 Å². The number of hydrogen-bond donors (Lipinski definition) is 2. The first-order valence-corrected chi connectivity index (χ1v) is 8.94. The van der Waals surface area contributed by atoms with E-state index in [2.05, 4.69) is 17.6 Å². The molecule has 0 radical (unpaired) electrons. The van der Waals surface area contributed by atoms with Gasteiger partial charge in [-0.2, -0.15) is 0 Å². The molecule has 0 bridgehead atoms. The summed E-state index contributed by atoms with van der Waals surface area (Å²) in [4.78, 5) is 24.0. The maximum absolute atomic E-state index is 12.3. The van der Waals surface area contributed by atoms with Gasteiger partial charge in [0, 0.05) is 11.4 Å². The van der Waals surface area contributed by atoms with Crippen molar-refractivity contribution in [2.24, 2.45) is 0 Å². The predicted octanol–water partition coefficient (Wildman–Crippen LogP) is 4.17. The molecule has 0 aliphatic carbocycles. The van der Waals surface area contributed by atoms with E-state index in [4.69, 9.17) is 4.74 Å². The molecule has 0 atom stereocenters. The van der Waals surface area contributed by atoms with E-state index in [1.807, 2.05) is 32.0 Å². The summed E-state index contributed by atoms with van der Waals surface area (Å²) in [7, 11) is 0. The van der Waals surface area contributed by atoms with Crippen LogP contribution < -0.4 is 10.6 Å². The molecule has 0 aromatic heterocycles. The first-order valence-electron chi connectivity index (χ1n) is 8.94. The second kappa shape index (κ2) is 9.61. The third-order valence-electron chi connectivity index (χ3n) is 4.02. The summed E-state index contributed by atoms with van der Waals surface area (Å²) in [5.41, 5.74) is 4.32. The van der Waals surface area contributed by atoms with E-state index in [1.54, 1.807) is 24.3 Å². The highest BCUT2D eigenvalue weighted by atomic mass is 16.5. The summed E-state index contributed by atoms with van der Waals surface area (Å²) in [5.74, 6) is -0.441. The zero-order valence-electron chi connectivity index (χ0n) is 15.6. The lowest BCUT2D eigenvalue weighted by Crippen LogP contribution is -2.23. The number of para-hydroxylation sites is 1. The van der Waals surface area contributed by atoms with Crippen LogP contribution in [0.5, 0.6) is 0 Å². The zero-order valence-corrected chi connectivity index (χ0v) is 15.6. The van der Waals surface area contributed by atoms with E-state index < -0.39 is 0 Å². The number of benzene rings is 2. The van der Waals surface area contributed by atoms with Crippen LogP contribution in [0.1, 0.15) is 41.8 Å². The topological polar surface area (TPSA) is 67.4 Å². The average molecular weight is 354 g/mol. The van der Waals surface area contributed by atoms with Crippen LogP contribution in [0.25, 0.3) is 0 Å². The van der Waals surface area contributed by atoms with Crippen molar-refractivity contribution >= 4 is 23.3 Å². The third-order valence-corrected chi connectivity index (χ3v) is 4.02. The molecule has 2 aromatic rings. The molecule has 2 N–H and O–H groups in total. The van der Waals surface area contributed by atoms with E-state index in [9.17, 15) is 9.59 Å². The normalized spacial score (nSPS) is 10.3. The van der Waals surface area contributed by atoms with Gasteiger partial charge < -0.3 is 15.4 Å². The highest BCUT2D eigenvalue weighted by molar-refractivity contribution is 5.95. The van der Waals surface area contributed by atoms with Gasteiger partial charge in [-0.25, -0.2) is 4.79 Å². The summed E-state index contributed by atoms with van der Waals surface area (Å²) >= 11 is 0. The van der Waals surface area contributed by atoms with Crippen LogP contribution in [0.2, 0.25) is 0 Å². The molecule has 5 heteroatoms. The number of nitrogens with one attached hydrogen (secondary N) is 2. The first-order chi connectivity index (χ1) is 12.5. The molecule has 0 spiro atoms. The monoisotopic (exact) mass is 354 g/mol. The zero-order chi connectivity index (χ0) is 18.9. The maximum atomic E-state index is 12.3. The summed E-state index contributed by atoms with van der Waals surface area (Å²) in [6.07, 6.45) is 1.65. The number of anilines is 2. The van der Waals surface area contributed by atoms with Crippen molar-refractivity contribution in [3.8, 4) is 0 Å². The summed E-state index contributed by atoms with van der Waals surface area (Å²) < 4.78 is 5.09. The Balaban J connectivity index is 1.91. The Kier molecular flexibility index (Phi) is 7.21. The van der Waals surface area contributed by atoms with Crippen molar-refractivity contribution in [2.45, 2.75) is 33.6 Å². The predicted molar refractivity (Wildman–Crippen MR) is 105 cm³/mol. The van der Waals surface area contributed by atoms with Gasteiger partial charge in [-0.1, -0.05) is 32.0 Å². The van der Waals surface area contributed by atoms with Gasteiger partial charge in [-0.05, 0) is 55.2 Å². The Hall–Kier alpha value is -2.82. The van der Waals surface area contributed by atoms with Crippen LogP contribution in [0.3, 0.4) is 0 Å². The molecule has 0 aliphatic rings. The number of ether oxygens (including phenoxy) is 1. The van der Waals surface area contributed by atoms with Crippen LogP contribution in [0.4, 0.5) is 11.4 Å². The van der Waals surface area contributed by atoms with Crippen molar-refractivity contribution in [1.82, 2.24) is 0 Å². The lowest BCUT2D eigenvalue weighted by atomic mass is 10.1. The van der Waals surface area contributed by atoms with Crippen LogP contribution in [-0.4, -0.2) is 25.0 Å². The minimum atomic E-state index is -0.331. The Labute approximate surface area is 154 Å². The van der Waals surface area contributed by atoms with Gasteiger partial charge in [-0.3, -0.25) is 4.79 Å². The minimum Gasteiger partial charge on any atom is -0.462 e. The Morgan fingerprint density at radius 1 is 1.04 bits per heavy atom. The second-order valence-electron chi connectivity index (χ2n) is 6.08. The Bertz CT molecular complexity index is 754. The van der Waals surface area contributed by atoms with Crippen molar-refractivity contribution in [3.63, 3.8) is 0 Å². The number of carbonyl (C=O) groups is 2. The third kappa shape index (κ3) is 5.34. The molecular formula is C21H26N2O3. The van der Waals surface area contributed by atoms with E-state index >= 15 is 0 Å². The number of hydrogen-bond acceptors (Lipinski definition) is 4. The molecule has 0 heterocycles. The standard InChI is InChI=1S/C21H26N2O3/c1-4-13-26-21(25)17-9-11-18(12-10-17)22-14-19(24)23-20-15(3)7-6-8-16(20)5-2/h6-12,22H,4-5,13-14H2,1-3H3,(H,23,24). The fourth-order valence-corrected chi connectivity index (χ4v) is 2.57. The van der Waals surface area contributed by atoms with Gasteiger partial charge in [0.05, 0.1) is 18.7 Å². The SMILES string of the molecule is CCCOC(=O)c1ccc(NCC(=O)Nc2c(C)cccc2CC)cc1. The second-order valence-corrected chi connectivity index (χ2v) is 6.08. The van der Waals surface area contributed by atoms with E-state index in [0.29, 0.717) is 12.2 Å². The number of esters is 1. The smallest absolute Gasteiger partial charge is 0.338 e. The highest BCUT2D eigenvalue weighted by Gasteiger charge is 2.09. The highest BCUT2D eigenvalue weighted by Crippen LogP contribution is 2.21. The van der Waals surface area contributed by atoms with Crippen LogP contribution in [0, 0.1) is 6.92 Å². The van der Waals surface area contributed by atoms with Crippen molar-refractivity contribution in [1.29, 1.82) is 0 Å². The Morgan fingerprint density at radius 2 is 1.77 bits per heavy atom. The van der Waals surface area contributed by atoms with Gasteiger partial charge in [0.2, 0.25) is 5.91 Å². The largest absolute Gasteiger partial charge is 0.462 e. The number of amides is 1. The Morgan fingerprint density at radius 3 is 2.42 bits per heavy atom. The molecule has 2 aromatic carbocycles. The quantitative estimate of drug-likeness (QED) is 0.698. The van der Waals surface area contributed by atoms with Crippen LogP contribution >= 0.6 is 0 Å². The maximum Gasteiger partial charge on any atom is 0.338 e. The molecule has 26 heavy (non-hydrogen) atoms. The summed E-state index contributed by atoms with van der Waals surface area (Å²) in [6.45, 7) is 6.56. The molecule has 0 unspecified atom stereocenters. The molecule has 5 nitrogen and oxygen atoms in total. The summed E-state index contributed by atoms with van der Waals surface area (Å²) in [6, 6.07) is 12.9. The van der Waals surface area contributed by atoms with E-state index in [1.165, 1.54) is 0 Å². The molecule has 0 saturated carbocycles. The lowest BCUT2D eigenvalue weighted by Gasteiger charge is -2.13. The summed E-state index contributed by atoms with van der Waals surface area (Å²) in [5, 5.41) is 6.04. The van der Waals surface area contributed by atoms with Gasteiger partial charge in [0.15, 0.2) is 0 Å². The van der Waals surface area contributed by atoms with Crippen molar-refractivity contribution < 1.29 is 14.3 Å². The van der Waals surface area contributed by atoms with E-state index in [0.717, 1.165) is 35.3 Å². The molecule has 138 valence electrons. The molecule has 0 fully saturated rings. The number of rotatable bonds is 8. The van der Waals surface area contributed by atoms with Crippen molar-refractivity contribution in [2.75, 3.05) is 23.8 Å². The fraction of sp³-hybridized carbons (Fsp3) is 0.333.